The molecule has 0 amide bonds. The van der Waals surface area contributed by atoms with Crippen LogP contribution in [0.15, 0.2) is 18.2 Å². The summed E-state index contributed by atoms with van der Waals surface area (Å²) in [5.41, 5.74) is 4.96. The molecule has 3 N–H and O–H groups in total. The van der Waals surface area contributed by atoms with Gasteiger partial charge in [-0.1, -0.05) is 17.7 Å². The highest BCUT2D eigenvalue weighted by Gasteiger charge is 2.35. The van der Waals surface area contributed by atoms with E-state index in [0.717, 1.165) is 0 Å². The van der Waals surface area contributed by atoms with Crippen molar-refractivity contribution in [1.29, 1.82) is 0 Å². The van der Waals surface area contributed by atoms with Gasteiger partial charge in [-0.2, -0.15) is 13.2 Å². The lowest BCUT2D eigenvalue weighted by Gasteiger charge is -2.05. The highest BCUT2D eigenvalue weighted by molar-refractivity contribution is 6.31. The molecule has 2 rings (SSSR count). The standard InChI is InChI=1S/C10H8ClF3N2/c11-5-1-2-6-7(4-15)9(10(12,13)14)16-8(6)3-5/h1-3,16H,4,15H2. The average molecular weight is 249 g/mol. The average Bonchev–Trinajstić information content (AvgIpc) is 2.54. The molecule has 0 bridgehead atoms. The molecule has 0 saturated carbocycles. The topological polar surface area (TPSA) is 41.8 Å². The number of hydrogen-bond donors (Lipinski definition) is 2. The van der Waals surface area contributed by atoms with Crippen molar-refractivity contribution >= 4 is 22.5 Å². The van der Waals surface area contributed by atoms with E-state index in [0.29, 0.717) is 15.9 Å². The summed E-state index contributed by atoms with van der Waals surface area (Å²) < 4.78 is 38.0. The molecule has 1 heterocycles. The van der Waals surface area contributed by atoms with Gasteiger partial charge in [-0.25, -0.2) is 0 Å². The fourth-order valence-electron chi connectivity index (χ4n) is 1.68. The minimum atomic E-state index is -4.43. The van der Waals surface area contributed by atoms with Crippen molar-refractivity contribution in [1.82, 2.24) is 4.98 Å². The summed E-state index contributed by atoms with van der Waals surface area (Å²) in [6.45, 7) is -0.170. The van der Waals surface area contributed by atoms with Gasteiger partial charge in [0, 0.05) is 28.0 Å². The summed E-state index contributed by atoms with van der Waals surface area (Å²) in [6.07, 6.45) is -4.43. The minimum absolute atomic E-state index is 0.0687. The summed E-state index contributed by atoms with van der Waals surface area (Å²) in [7, 11) is 0. The first-order valence-corrected chi connectivity index (χ1v) is 4.88. The molecule has 0 radical (unpaired) electrons. The summed E-state index contributed by atoms with van der Waals surface area (Å²) in [5, 5.41) is 0.838. The highest BCUT2D eigenvalue weighted by atomic mass is 35.5. The number of nitrogens with one attached hydrogen (secondary N) is 1. The molecule has 0 fully saturated rings. The predicted molar refractivity (Wildman–Crippen MR) is 56.2 cm³/mol. The molecule has 2 nitrogen and oxygen atoms in total. The lowest BCUT2D eigenvalue weighted by atomic mass is 10.1. The van der Waals surface area contributed by atoms with E-state index >= 15 is 0 Å². The SMILES string of the molecule is NCc1c(C(F)(F)F)[nH]c2cc(Cl)ccc12. The molecule has 1 aromatic heterocycles. The Hall–Kier alpha value is -1.20. The number of fused-ring (bicyclic) bond motifs is 1. The summed E-state index contributed by atoms with van der Waals surface area (Å²) in [6, 6.07) is 4.52. The molecule has 0 spiro atoms. The maximum absolute atomic E-state index is 12.7. The number of halogens is 4. The van der Waals surface area contributed by atoms with Gasteiger partial charge in [-0.15, -0.1) is 0 Å². The van der Waals surface area contributed by atoms with Gasteiger partial charge in [0.1, 0.15) is 5.69 Å². The lowest BCUT2D eigenvalue weighted by Crippen LogP contribution is -2.11. The van der Waals surface area contributed by atoms with E-state index in [1.54, 1.807) is 0 Å². The Labute approximate surface area is 94.2 Å². The van der Waals surface area contributed by atoms with Gasteiger partial charge in [0.15, 0.2) is 0 Å². The normalized spacial score (nSPS) is 12.3. The number of alkyl halides is 3. The molecule has 1 aromatic carbocycles. The van der Waals surface area contributed by atoms with Crippen molar-refractivity contribution in [3.05, 3.63) is 34.5 Å². The van der Waals surface area contributed by atoms with Crippen LogP contribution in [0.4, 0.5) is 13.2 Å². The first-order chi connectivity index (χ1) is 7.43. The van der Waals surface area contributed by atoms with Crippen LogP contribution in [-0.4, -0.2) is 4.98 Å². The molecule has 86 valence electrons. The maximum atomic E-state index is 12.7. The smallest absolute Gasteiger partial charge is 0.351 e. The van der Waals surface area contributed by atoms with Crippen LogP contribution in [0, 0.1) is 0 Å². The Bertz CT molecular complexity index is 531. The number of nitrogens with two attached hydrogens (primary N) is 1. The molecule has 0 aliphatic heterocycles. The van der Waals surface area contributed by atoms with Crippen LogP contribution in [0.1, 0.15) is 11.3 Å². The molecule has 0 saturated heterocycles. The van der Waals surface area contributed by atoms with Gasteiger partial charge < -0.3 is 10.7 Å². The Morgan fingerprint density at radius 2 is 2.00 bits per heavy atom. The van der Waals surface area contributed by atoms with Crippen LogP contribution >= 0.6 is 11.6 Å². The van der Waals surface area contributed by atoms with E-state index in [1.165, 1.54) is 18.2 Å². The van der Waals surface area contributed by atoms with Gasteiger partial charge in [0.2, 0.25) is 0 Å². The molecular formula is C10H8ClF3N2. The van der Waals surface area contributed by atoms with Gasteiger partial charge in [0.05, 0.1) is 0 Å². The monoisotopic (exact) mass is 248 g/mol. The van der Waals surface area contributed by atoms with Gasteiger partial charge in [-0.05, 0) is 12.1 Å². The van der Waals surface area contributed by atoms with Crippen molar-refractivity contribution < 1.29 is 13.2 Å². The van der Waals surface area contributed by atoms with Gasteiger partial charge in [-0.3, -0.25) is 0 Å². The number of rotatable bonds is 1. The molecule has 16 heavy (non-hydrogen) atoms. The molecule has 0 aliphatic rings. The third kappa shape index (κ3) is 1.76. The van der Waals surface area contributed by atoms with Crippen LogP contribution in [-0.2, 0) is 12.7 Å². The van der Waals surface area contributed by atoms with E-state index in [4.69, 9.17) is 17.3 Å². The number of hydrogen-bond acceptors (Lipinski definition) is 1. The molecule has 0 unspecified atom stereocenters. The van der Waals surface area contributed by atoms with Crippen LogP contribution in [0.2, 0.25) is 5.02 Å². The van der Waals surface area contributed by atoms with E-state index in [2.05, 4.69) is 4.98 Å². The van der Waals surface area contributed by atoms with E-state index in [9.17, 15) is 13.2 Å². The van der Waals surface area contributed by atoms with Crippen LogP contribution < -0.4 is 5.73 Å². The second-order valence-corrected chi connectivity index (χ2v) is 3.81. The van der Waals surface area contributed by atoms with E-state index < -0.39 is 11.9 Å². The minimum Gasteiger partial charge on any atom is -0.351 e. The molecular weight excluding hydrogens is 241 g/mol. The summed E-state index contributed by atoms with van der Waals surface area (Å²) in [4.78, 5) is 2.31. The molecule has 0 atom stereocenters. The van der Waals surface area contributed by atoms with Crippen molar-refractivity contribution in [2.75, 3.05) is 0 Å². The summed E-state index contributed by atoms with van der Waals surface area (Å²) >= 11 is 5.71. The number of H-pyrrole nitrogens is 1. The Morgan fingerprint density at radius 3 is 2.56 bits per heavy atom. The van der Waals surface area contributed by atoms with Crippen LogP contribution in [0.5, 0.6) is 0 Å². The third-order valence-corrected chi connectivity index (χ3v) is 2.59. The fraction of sp³-hybridized carbons (Fsp3) is 0.200. The Kier molecular flexibility index (Phi) is 2.59. The predicted octanol–water partition coefficient (Wildman–Crippen LogP) is 3.30. The van der Waals surface area contributed by atoms with Crippen molar-refractivity contribution in [2.24, 2.45) is 5.73 Å². The lowest BCUT2D eigenvalue weighted by molar-refractivity contribution is -0.141. The first-order valence-electron chi connectivity index (χ1n) is 4.51. The van der Waals surface area contributed by atoms with E-state index in [1.807, 2.05) is 0 Å². The van der Waals surface area contributed by atoms with Crippen LogP contribution in [0.3, 0.4) is 0 Å². The quantitative estimate of drug-likeness (QED) is 0.799. The van der Waals surface area contributed by atoms with E-state index in [-0.39, 0.29) is 12.1 Å². The third-order valence-electron chi connectivity index (χ3n) is 2.36. The van der Waals surface area contributed by atoms with Gasteiger partial charge in [0.25, 0.3) is 0 Å². The van der Waals surface area contributed by atoms with Crippen molar-refractivity contribution in [2.45, 2.75) is 12.7 Å². The zero-order valence-electron chi connectivity index (χ0n) is 8.03. The van der Waals surface area contributed by atoms with Crippen LogP contribution in [0.25, 0.3) is 10.9 Å². The Balaban J connectivity index is 2.76. The molecule has 2 aromatic rings. The number of aromatic amines is 1. The molecule has 0 aliphatic carbocycles. The highest BCUT2D eigenvalue weighted by Crippen LogP contribution is 2.35. The number of aromatic nitrogens is 1. The fourth-order valence-corrected chi connectivity index (χ4v) is 1.85. The van der Waals surface area contributed by atoms with Crippen molar-refractivity contribution in [3.63, 3.8) is 0 Å². The number of benzene rings is 1. The summed E-state index contributed by atoms with van der Waals surface area (Å²) in [5.74, 6) is 0. The maximum Gasteiger partial charge on any atom is 0.431 e. The zero-order chi connectivity index (χ0) is 11.9. The van der Waals surface area contributed by atoms with Crippen molar-refractivity contribution in [3.8, 4) is 0 Å². The second kappa shape index (κ2) is 3.68. The first kappa shape index (κ1) is 11.3. The van der Waals surface area contributed by atoms with Gasteiger partial charge >= 0.3 is 6.18 Å². The Morgan fingerprint density at radius 1 is 1.31 bits per heavy atom. The zero-order valence-corrected chi connectivity index (χ0v) is 8.78. The molecule has 6 heteroatoms. The largest absolute Gasteiger partial charge is 0.431 e. The second-order valence-electron chi connectivity index (χ2n) is 3.37.